The fraction of sp³-hybridized carbons (Fsp3) is 0.500. The van der Waals surface area contributed by atoms with Gasteiger partial charge < -0.3 is 14.8 Å². The fourth-order valence-electron chi connectivity index (χ4n) is 5.02. The first-order chi connectivity index (χ1) is 19.9. The van der Waals surface area contributed by atoms with Crippen LogP contribution in [0.15, 0.2) is 48.5 Å². The van der Waals surface area contributed by atoms with Gasteiger partial charge in [-0.3, -0.25) is 14.4 Å². The van der Waals surface area contributed by atoms with E-state index >= 15 is 0 Å². The van der Waals surface area contributed by atoms with Crippen LogP contribution in [0.25, 0.3) is 0 Å². The first-order valence-electron chi connectivity index (χ1n) is 14.7. The largest absolute Gasteiger partial charge is 0.493 e. The fourth-order valence-corrected chi connectivity index (χ4v) is 5.95. The van der Waals surface area contributed by atoms with Crippen LogP contribution in [0.5, 0.6) is 11.5 Å². The molecule has 2 aromatic carbocycles. The minimum Gasteiger partial charge on any atom is -0.493 e. The predicted molar refractivity (Wildman–Crippen MR) is 164 cm³/mol. The molecule has 220 valence electrons. The minimum absolute atomic E-state index is 0.146. The molecule has 0 spiro atoms. The third-order valence-electron chi connectivity index (χ3n) is 7.58. The summed E-state index contributed by atoms with van der Waals surface area (Å²) in [7, 11) is 3.45. The molecule has 1 amide bonds. The van der Waals surface area contributed by atoms with Crippen LogP contribution in [0.3, 0.4) is 0 Å². The van der Waals surface area contributed by atoms with Gasteiger partial charge in [-0.15, -0.1) is 0 Å². The molecule has 1 N–H and O–H groups in total. The van der Waals surface area contributed by atoms with Crippen LogP contribution in [0.4, 0.5) is 0 Å². The number of para-hydroxylation sites is 1. The van der Waals surface area contributed by atoms with Gasteiger partial charge in [0.1, 0.15) is 12.3 Å². The molecular formula is C32H43N5O3S. The zero-order chi connectivity index (χ0) is 28.8. The molecule has 0 atom stereocenters. The highest BCUT2D eigenvalue weighted by Crippen LogP contribution is 2.39. The van der Waals surface area contributed by atoms with Gasteiger partial charge in [-0.25, -0.2) is 4.31 Å². The molecule has 1 saturated carbocycles. The molecule has 1 aliphatic carbocycles. The number of hydrogen-bond donors (Lipinski definition) is 1. The van der Waals surface area contributed by atoms with Crippen molar-refractivity contribution in [2.45, 2.75) is 52.3 Å². The van der Waals surface area contributed by atoms with Crippen molar-refractivity contribution in [2.24, 2.45) is 13.0 Å². The van der Waals surface area contributed by atoms with E-state index in [9.17, 15) is 4.79 Å². The third kappa shape index (κ3) is 8.05. The molecule has 1 aromatic heterocycles. The quantitative estimate of drug-likeness (QED) is 0.279. The second-order valence-corrected chi connectivity index (χ2v) is 12.6. The lowest BCUT2D eigenvalue weighted by molar-refractivity contribution is 0.0941. The Hall–Kier alpha value is -3.01. The van der Waals surface area contributed by atoms with Crippen LogP contribution < -0.4 is 14.8 Å². The van der Waals surface area contributed by atoms with E-state index in [1.165, 1.54) is 11.3 Å². The van der Waals surface area contributed by atoms with E-state index in [-0.39, 0.29) is 5.91 Å². The Morgan fingerprint density at radius 3 is 2.49 bits per heavy atom. The van der Waals surface area contributed by atoms with Gasteiger partial charge in [-0.2, -0.15) is 5.10 Å². The van der Waals surface area contributed by atoms with Gasteiger partial charge >= 0.3 is 0 Å². The molecule has 0 unspecified atom stereocenters. The van der Waals surface area contributed by atoms with E-state index in [2.05, 4.69) is 57.7 Å². The molecule has 1 aliphatic heterocycles. The van der Waals surface area contributed by atoms with E-state index in [4.69, 9.17) is 9.47 Å². The second-order valence-electron chi connectivity index (χ2n) is 11.5. The highest BCUT2D eigenvalue weighted by Gasteiger charge is 2.28. The molecular weight excluding hydrogens is 534 g/mol. The highest BCUT2D eigenvalue weighted by molar-refractivity contribution is 7.97. The molecule has 5 rings (SSSR count). The van der Waals surface area contributed by atoms with Gasteiger partial charge in [-0.1, -0.05) is 62.2 Å². The number of carbonyl (C=O) groups excluding carboxylic acids is 1. The van der Waals surface area contributed by atoms with E-state index in [0.29, 0.717) is 36.3 Å². The number of benzene rings is 2. The van der Waals surface area contributed by atoms with Crippen molar-refractivity contribution in [3.8, 4) is 11.5 Å². The van der Waals surface area contributed by atoms with Crippen molar-refractivity contribution in [3.63, 3.8) is 0 Å². The first kappa shape index (κ1) is 29.5. The van der Waals surface area contributed by atoms with Gasteiger partial charge in [0, 0.05) is 63.6 Å². The first-order valence-corrected chi connectivity index (χ1v) is 15.6. The topological polar surface area (TPSA) is 71.9 Å². The second kappa shape index (κ2) is 13.8. The summed E-state index contributed by atoms with van der Waals surface area (Å²) in [6.07, 6.45) is 2.31. The van der Waals surface area contributed by atoms with Crippen LogP contribution in [-0.4, -0.2) is 63.9 Å². The van der Waals surface area contributed by atoms with Crippen LogP contribution in [0.1, 0.15) is 65.5 Å². The third-order valence-corrected chi connectivity index (χ3v) is 9.12. The SMILES string of the molecule is COc1c(CNC(=O)c2cc(C3CC3)nn2C)cccc1OCc1ccc(CN2CCN(SCC(C)C)CC2)cc1. The lowest BCUT2D eigenvalue weighted by Gasteiger charge is -2.34. The maximum Gasteiger partial charge on any atom is 0.269 e. The normalized spacial score (nSPS) is 16.2. The molecule has 9 heteroatoms. The van der Waals surface area contributed by atoms with Crippen LogP contribution in [0.2, 0.25) is 0 Å². The molecule has 1 saturated heterocycles. The zero-order valence-electron chi connectivity index (χ0n) is 24.8. The molecule has 3 aromatic rings. The van der Waals surface area contributed by atoms with Crippen molar-refractivity contribution in [1.82, 2.24) is 24.3 Å². The summed E-state index contributed by atoms with van der Waals surface area (Å²) < 4.78 is 16.1. The van der Waals surface area contributed by atoms with Crippen molar-refractivity contribution in [3.05, 3.63) is 76.6 Å². The molecule has 0 radical (unpaired) electrons. The van der Waals surface area contributed by atoms with Crippen molar-refractivity contribution in [2.75, 3.05) is 39.0 Å². The summed E-state index contributed by atoms with van der Waals surface area (Å²) in [6.45, 7) is 10.8. The summed E-state index contributed by atoms with van der Waals surface area (Å²) >= 11 is 1.99. The number of carbonyl (C=O) groups is 1. The number of aryl methyl sites for hydroxylation is 1. The average molecular weight is 578 g/mol. The number of nitrogens with zero attached hydrogens (tertiary/aromatic N) is 4. The van der Waals surface area contributed by atoms with Gasteiger partial charge in [-0.05, 0) is 42.0 Å². The Morgan fingerprint density at radius 1 is 1.07 bits per heavy atom. The van der Waals surface area contributed by atoms with Crippen molar-refractivity contribution < 1.29 is 14.3 Å². The van der Waals surface area contributed by atoms with E-state index < -0.39 is 0 Å². The van der Waals surface area contributed by atoms with Crippen LogP contribution >= 0.6 is 11.9 Å². The average Bonchev–Trinajstić information content (AvgIpc) is 3.76. The summed E-state index contributed by atoms with van der Waals surface area (Å²) in [6, 6.07) is 16.4. The van der Waals surface area contributed by atoms with Crippen LogP contribution in [-0.2, 0) is 26.7 Å². The Bertz CT molecular complexity index is 1300. The smallest absolute Gasteiger partial charge is 0.269 e. The minimum atomic E-state index is -0.146. The van der Waals surface area contributed by atoms with E-state index in [1.807, 2.05) is 43.3 Å². The lowest BCUT2D eigenvalue weighted by Crippen LogP contribution is -2.43. The Kier molecular flexibility index (Phi) is 9.90. The summed E-state index contributed by atoms with van der Waals surface area (Å²) in [5, 5.41) is 7.52. The number of aromatic nitrogens is 2. The van der Waals surface area contributed by atoms with Crippen molar-refractivity contribution >= 4 is 17.9 Å². The van der Waals surface area contributed by atoms with Crippen LogP contribution in [0, 0.1) is 5.92 Å². The standard InChI is InChI=1S/C32H43N5O3S/c1-23(2)22-41-37-16-14-36(15-17-37)20-24-8-10-25(11-9-24)21-40-30-7-5-6-27(31(30)39-4)19-33-32(38)29-18-28(26-12-13-26)34-35(29)3/h5-11,18,23,26H,12-17,19-22H2,1-4H3,(H,33,38). The molecule has 0 bridgehead atoms. The number of rotatable bonds is 13. The Morgan fingerprint density at radius 2 is 1.80 bits per heavy atom. The number of hydrogen-bond acceptors (Lipinski definition) is 7. The maximum atomic E-state index is 12.9. The predicted octanol–water partition coefficient (Wildman–Crippen LogP) is 5.24. The van der Waals surface area contributed by atoms with Crippen molar-refractivity contribution in [1.29, 1.82) is 0 Å². The zero-order valence-corrected chi connectivity index (χ0v) is 25.6. The highest BCUT2D eigenvalue weighted by atomic mass is 32.2. The molecule has 2 aliphatic rings. The Balaban J connectivity index is 1.11. The van der Waals surface area contributed by atoms with Gasteiger partial charge in [0.05, 0.1) is 12.8 Å². The number of amides is 1. The molecule has 2 heterocycles. The molecule has 8 nitrogen and oxygen atoms in total. The van der Waals surface area contributed by atoms with Gasteiger partial charge in [0.15, 0.2) is 11.5 Å². The summed E-state index contributed by atoms with van der Waals surface area (Å²) in [4.78, 5) is 15.4. The number of ether oxygens (including phenoxy) is 2. The summed E-state index contributed by atoms with van der Waals surface area (Å²) in [5.41, 5.74) is 4.87. The number of nitrogens with one attached hydrogen (secondary N) is 1. The monoisotopic (exact) mass is 577 g/mol. The maximum absolute atomic E-state index is 12.9. The molecule has 41 heavy (non-hydrogen) atoms. The van der Waals surface area contributed by atoms with E-state index in [0.717, 1.165) is 68.3 Å². The molecule has 2 fully saturated rings. The number of piperazine rings is 1. The lowest BCUT2D eigenvalue weighted by atomic mass is 10.1. The van der Waals surface area contributed by atoms with Gasteiger partial charge in [0.2, 0.25) is 0 Å². The number of methoxy groups -OCH3 is 1. The summed E-state index contributed by atoms with van der Waals surface area (Å²) in [5.74, 6) is 3.59. The van der Waals surface area contributed by atoms with E-state index in [1.54, 1.807) is 11.8 Å². The Labute approximate surface area is 248 Å². The van der Waals surface area contributed by atoms with Gasteiger partial charge in [0.25, 0.3) is 5.91 Å².